The van der Waals surface area contributed by atoms with Crippen LogP contribution in [0.5, 0.6) is 0 Å². The first-order chi connectivity index (χ1) is 33.7. The number of hydrogen-bond donors (Lipinski definition) is 0. The fraction of sp³-hybridized carbons (Fsp3) is 0. The normalized spacial score (nSPS) is 11.5. The van der Waals surface area contributed by atoms with E-state index in [4.69, 9.17) is 4.42 Å². The van der Waals surface area contributed by atoms with Crippen molar-refractivity contribution in [3.8, 4) is 55.6 Å². The average Bonchev–Trinajstić information content (AvgIpc) is 3.80. The molecule has 318 valence electrons. The molecule has 0 bridgehead atoms. The van der Waals surface area contributed by atoms with Crippen molar-refractivity contribution in [2.45, 2.75) is 0 Å². The second-order valence-electron chi connectivity index (χ2n) is 17.6. The molecule has 0 fully saturated rings. The summed E-state index contributed by atoms with van der Waals surface area (Å²) in [5.41, 5.74) is 16.7. The summed E-state index contributed by atoms with van der Waals surface area (Å²) in [7, 11) is 0. The predicted molar refractivity (Wildman–Crippen MR) is 288 cm³/mol. The third kappa shape index (κ3) is 6.73. The Kier molecular flexibility index (Phi) is 9.54. The average molecular weight is 866 g/mol. The number of hydrogen-bond acceptors (Lipinski definition) is 2. The maximum absolute atomic E-state index is 6.56. The lowest BCUT2D eigenvalue weighted by Crippen LogP contribution is -2.10. The second-order valence-corrected chi connectivity index (χ2v) is 17.6. The van der Waals surface area contributed by atoms with Gasteiger partial charge in [-0.1, -0.05) is 212 Å². The fourth-order valence-electron chi connectivity index (χ4n) is 10.5. The molecule has 1 heterocycles. The Morgan fingerprint density at radius 3 is 1.49 bits per heavy atom. The number of benzene rings is 12. The van der Waals surface area contributed by atoms with Crippen LogP contribution in [-0.4, -0.2) is 0 Å². The van der Waals surface area contributed by atoms with Gasteiger partial charge in [0, 0.05) is 33.4 Å². The van der Waals surface area contributed by atoms with E-state index in [1.807, 2.05) is 12.1 Å². The van der Waals surface area contributed by atoms with Crippen molar-refractivity contribution in [2.75, 3.05) is 4.90 Å². The van der Waals surface area contributed by atoms with Gasteiger partial charge in [0.25, 0.3) is 0 Å². The van der Waals surface area contributed by atoms with Crippen molar-refractivity contribution in [3.05, 3.63) is 261 Å². The van der Waals surface area contributed by atoms with E-state index in [9.17, 15) is 0 Å². The molecule has 0 N–H and O–H groups in total. The summed E-state index contributed by atoms with van der Waals surface area (Å²) in [4.78, 5) is 2.38. The lowest BCUT2D eigenvalue weighted by molar-refractivity contribution is 0.670. The minimum absolute atomic E-state index is 0.894. The first kappa shape index (κ1) is 39.4. The van der Waals surface area contributed by atoms with Gasteiger partial charge in [-0.15, -0.1) is 0 Å². The third-order valence-corrected chi connectivity index (χ3v) is 13.6. The zero-order chi connectivity index (χ0) is 45.0. The molecule has 0 aliphatic carbocycles. The lowest BCUT2D eigenvalue weighted by atomic mass is 9.84. The van der Waals surface area contributed by atoms with Crippen molar-refractivity contribution >= 4 is 71.3 Å². The van der Waals surface area contributed by atoms with E-state index in [1.54, 1.807) is 0 Å². The van der Waals surface area contributed by atoms with Gasteiger partial charge in [0.15, 0.2) is 0 Å². The Bertz CT molecular complexity index is 4010. The summed E-state index contributed by atoms with van der Waals surface area (Å²) < 4.78 is 6.56. The summed E-state index contributed by atoms with van der Waals surface area (Å²) in [5.74, 6) is 0. The molecule has 0 aliphatic rings. The maximum Gasteiger partial charge on any atom is 0.143 e. The van der Waals surface area contributed by atoms with Gasteiger partial charge in [0.1, 0.15) is 11.2 Å². The van der Waals surface area contributed by atoms with Gasteiger partial charge in [-0.3, -0.25) is 0 Å². The largest absolute Gasteiger partial charge is 0.455 e. The van der Waals surface area contributed by atoms with Crippen LogP contribution in [0, 0.1) is 0 Å². The van der Waals surface area contributed by atoms with E-state index in [0.29, 0.717) is 0 Å². The van der Waals surface area contributed by atoms with Gasteiger partial charge in [-0.2, -0.15) is 0 Å². The van der Waals surface area contributed by atoms with Crippen LogP contribution in [0.3, 0.4) is 0 Å². The summed E-state index contributed by atoms with van der Waals surface area (Å²) in [6.45, 7) is 0. The van der Waals surface area contributed by atoms with Gasteiger partial charge in [0.05, 0.1) is 0 Å². The van der Waals surface area contributed by atoms with Crippen LogP contribution in [0.25, 0.3) is 110 Å². The first-order valence-corrected chi connectivity index (χ1v) is 23.3. The Morgan fingerprint density at radius 2 is 0.750 bits per heavy atom. The highest BCUT2D eigenvalue weighted by Crippen LogP contribution is 2.47. The van der Waals surface area contributed by atoms with Gasteiger partial charge in [-0.05, 0) is 131 Å². The molecule has 0 saturated carbocycles. The Labute approximate surface area is 395 Å². The summed E-state index contributed by atoms with van der Waals surface area (Å²) in [5, 5.41) is 9.69. The van der Waals surface area contributed by atoms with Crippen molar-refractivity contribution in [1.29, 1.82) is 0 Å². The van der Waals surface area contributed by atoms with E-state index >= 15 is 0 Å². The van der Waals surface area contributed by atoms with Crippen LogP contribution in [0.15, 0.2) is 265 Å². The molecule has 0 atom stereocenters. The summed E-state index contributed by atoms with van der Waals surface area (Å²) in [6.07, 6.45) is 0. The van der Waals surface area contributed by atoms with Crippen LogP contribution < -0.4 is 4.90 Å². The second kappa shape index (κ2) is 16.5. The minimum Gasteiger partial charge on any atom is -0.455 e. The number of fused-ring (bicyclic) bond motifs is 7. The highest BCUT2D eigenvalue weighted by atomic mass is 16.3. The number of para-hydroxylation sites is 2. The van der Waals surface area contributed by atoms with Crippen LogP contribution in [0.1, 0.15) is 0 Å². The predicted octanol–water partition coefficient (Wildman–Crippen LogP) is 18.9. The van der Waals surface area contributed by atoms with E-state index in [2.05, 4.69) is 254 Å². The topological polar surface area (TPSA) is 16.4 Å². The molecule has 0 radical (unpaired) electrons. The van der Waals surface area contributed by atoms with E-state index in [1.165, 1.54) is 65.7 Å². The zero-order valence-corrected chi connectivity index (χ0v) is 37.2. The molecule has 0 saturated heterocycles. The number of nitrogens with zero attached hydrogens (tertiary/aromatic N) is 1. The summed E-state index contributed by atoms with van der Waals surface area (Å²) >= 11 is 0. The molecule has 68 heavy (non-hydrogen) atoms. The third-order valence-electron chi connectivity index (χ3n) is 13.6. The van der Waals surface area contributed by atoms with E-state index in [-0.39, 0.29) is 0 Å². The molecule has 12 aromatic carbocycles. The highest BCUT2D eigenvalue weighted by Gasteiger charge is 2.20. The molecule has 13 aromatic rings. The monoisotopic (exact) mass is 865 g/mol. The van der Waals surface area contributed by atoms with Crippen LogP contribution in [0.2, 0.25) is 0 Å². The van der Waals surface area contributed by atoms with Gasteiger partial charge < -0.3 is 9.32 Å². The van der Waals surface area contributed by atoms with Crippen LogP contribution >= 0.6 is 0 Å². The van der Waals surface area contributed by atoms with Gasteiger partial charge in [-0.25, -0.2) is 0 Å². The van der Waals surface area contributed by atoms with Crippen molar-refractivity contribution in [2.24, 2.45) is 0 Å². The van der Waals surface area contributed by atoms with Crippen molar-refractivity contribution in [3.63, 3.8) is 0 Å². The Morgan fingerprint density at radius 1 is 0.250 bits per heavy atom. The fourth-order valence-corrected chi connectivity index (χ4v) is 10.5. The first-order valence-electron chi connectivity index (χ1n) is 23.3. The molecule has 0 unspecified atom stereocenters. The Balaban J connectivity index is 0.969. The van der Waals surface area contributed by atoms with E-state index < -0.39 is 0 Å². The standard InChI is InChI=1S/C66H43NO/c1-3-18-46(19-4-1)64-60-30-10-9-28-57(60)58-40-37-48(43-62(58)65(64)47-20-5-2-6-21-47)44-35-38-51(39-36-44)67(52-25-13-23-49(41-52)55-31-15-22-45-17-7-8-27-54(45)55)53-26-14-24-50(42-53)56-32-16-33-61-59-29-11-12-34-63(59)68-66(56)61/h1-43H. The number of furan rings is 1. The maximum atomic E-state index is 6.56. The lowest BCUT2D eigenvalue weighted by Gasteiger charge is -2.27. The Hall–Kier alpha value is -8.98. The molecule has 0 amide bonds. The smallest absolute Gasteiger partial charge is 0.143 e. The molecule has 0 aliphatic heterocycles. The summed E-state index contributed by atoms with van der Waals surface area (Å²) in [6, 6.07) is 94.5. The van der Waals surface area contributed by atoms with Crippen LogP contribution in [0.4, 0.5) is 17.1 Å². The molecule has 13 rings (SSSR count). The number of rotatable bonds is 8. The van der Waals surface area contributed by atoms with Crippen molar-refractivity contribution in [1.82, 2.24) is 0 Å². The van der Waals surface area contributed by atoms with Gasteiger partial charge in [0.2, 0.25) is 0 Å². The van der Waals surface area contributed by atoms with E-state index in [0.717, 1.165) is 61.3 Å². The minimum atomic E-state index is 0.894. The molecular weight excluding hydrogens is 823 g/mol. The molecule has 2 nitrogen and oxygen atoms in total. The molecular formula is C66H43NO. The SMILES string of the molecule is c1ccc(-c2c(-c3ccccc3)c3cc(-c4ccc(N(c5cccc(-c6cccc7ccccc67)c5)c5cccc(-c6cccc7c6oc6ccccc67)c5)cc4)ccc3c3ccccc23)cc1. The molecule has 1 aromatic heterocycles. The van der Waals surface area contributed by atoms with Crippen LogP contribution in [-0.2, 0) is 0 Å². The molecule has 0 spiro atoms. The van der Waals surface area contributed by atoms with Crippen molar-refractivity contribution < 1.29 is 4.42 Å². The quantitative estimate of drug-likeness (QED) is 0.142. The number of anilines is 3. The van der Waals surface area contributed by atoms with Gasteiger partial charge >= 0.3 is 0 Å². The molecule has 2 heteroatoms. The highest BCUT2D eigenvalue weighted by molar-refractivity contribution is 6.22. The zero-order valence-electron chi connectivity index (χ0n) is 37.2.